The van der Waals surface area contributed by atoms with Crippen molar-refractivity contribution < 1.29 is 27.8 Å². The number of ether oxygens (including phenoxy) is 1. The molecule has 0 fully saturated rings. The Kier molecular flexibility index (Phi) is 6.03. The first-order chi connectivity index (χ1) is 9.72. The molecule has 0 aliphatic carbocycles. The van der Waals surface area contributed by atoms with Gasteiger partial charge in [0.05, 0.1) is 13.2 Å². The van der Waals surface area contributed by atoms with Crippen LogP contribution in [0.1, 0.15) is 6.92 Å². The Morgan fingerprint density at radius 3 is 2.24 bits per heavy atom. The van der Waals surface area contributed by atoms with Crippen molar-refractivity contribution in [1.82, 2.24) is 0 Å². The number of carbonyl (C=O) groups excluding carboxylic acids is 1. The Bertz CT molecular complexity index is 479. The van der Waals surface area contributed by atoms with E-state index in [1.807, 2.05) is 0 Å². The predicted molar refractivity (Wildman–Crippen MR) is 75.8 cm³/mol. The Morgan fingerprint density at radius 2 is 1.90 bits per heavy atom. The normalized spacial score (nSPS) is 14.4. The summed E-state index contributed by atoms with van der Waals surface area (Å²) in [7, 11) is 1.42. The van der Waals surface area contributed by atoms with E-state index >= 15 is 0 Å². The molecule has 0 aliphatic rings. The summed E-state index contributed by atoms with van der Waals surface area (Å²) in [5, 5.41) is 9.34. The van der Waals surface area contributed by atoms with Gasteiger partial charge >= 0.3 is 6.18 Å². The van der Waals surface area contributed by atoms with E-state index < -0.39 is 24.2 Å². The first-order valence-electron chi connectivity index (χ1n) is 5.97. The number of carbonyl (C=O) groups is 1. The van der Waals surface area contributed by atoms with E-state index in [2.05, 4.69) is 15.9 Å². The van der Waals surface area contributed by atoms with Crippen molar-refractivity contribution in [2.75, 3.05) is 17.3 Å². The Labute approximate surface area is 128 Å². The summed E-state index contributed by atoms with van der Waals surface area (Å²) >= 11 is 2.81. The Hall–Kier alpha value is -1.28. The quantitative estimate of drug-likeness (QED) is 0.811. The molecule has 0 heterocycles. The minimum atomic E-state index is -4.77. The van der Waals surface area contributed by atoms with Crippen LogP contribution in [0.25, 0.3) is 0 Å². The molecule has 1 amide bonds. The third-order valence-corrected chi connectivity index (χ3v) is 3.49. The number of hydrogen-bond acceptors (Lipinski definition) is 3. The number of amides is 1. The molecular formula is C13H15BrF3NO3. The highest BCUT2D eigenvalue weighted by Crippen LogP contribution is 2.32. The third kappa shape index (κ3) is 4.34. The monoisotopic (exact) mass is 369 g/mol. The Morgan fingerprint density at radius 1 is 1.38 bits per heavy atom. The number of aliphatic hydroxyl groups excluding tert-OH is 1. The summed E-state index contributed by atoms with van der Waals surface area (Å²) < 4.78 is 44.5. The lowest BCUT2D eigenvalue weighted by molar-refractivity contribution is -0.170. The van der Waals surface area contributed by atoms with Gasteiger partial charge in [0.1, 0.15) is 5.75 Å². The van der Waals surface area contributed by atoms with Crippen molar-refractivity contribution in [3.05, 3.63) is 24.3 Å². The lowest BCUT2D eigenvalue weighted by atomic mass is 10.1. The average Bonchev–Trinajstić information content (AvgIpc) is 2.42. The number of aliphatic hydroxyl groups is 1. The standard InChI is InChI=1S/C13H15BrF3NO3/c1-8(19)18(9-3-5-10(21-2)6-4-9)12(11(20)7-14)13(15,16)17/h3-6,11-12,20H,7H2,1-2H3/t11-,12+/m0/s1. The highest BCUT2D eigenvalue weighted by Gasteiger charge is 2.49. The summed E-state index contributed by atoms with van der Waals surface area (Å²) in [4.78, 5) is 12.2. The van der Waals surface area contributed by atoms with E-state index in [0.29, 0.717) is 10.6 Å². The summed E-state index contributed by atoms with van der Waals surface area (Å²) in [5.74, 6) is -0.366. The molecule has 1 rings (SSSR count). The number of rotatable bonds is 5. The van der Waals surface area contributed by atoms with Gasteiger partial charge < -0.3 is 9.84 Å². The molecule has 118 valence electrons. The highest BCUT2D eigenvalue weighted by molar-refractivity contribution is 9.09. The largest absolute Gasteiger partial charge is 0.497 e. The van der Waals surface area contributed by atoms with E-state index in [1.165, 1.54) is 31.4 Å². The Balaban J connectivity index is 3.27. The zero-order chi connectivity index (χ0) is 16.2. The van der Waals surface area contributed by atoms with Crippen LogP contribution in [0.2, 0.25) is 0 Å². The maximum absolute atomic E-state index is 13.2. The minimum absolute atomic E-state index is 0.0330. The number of alkyl halides is 4. The van der Waals surface area contributed by atoms with Crippen molar-refractivity contribution in [3.8, 4) is 5.75 Å². The van der Waals surface area contributed by atoms with Gasteiger partial charge in [-0.25, -0.2) is 0 Å². The fraction of sp³-hybridized carbons (Fsp3) is 0.462. The smallest absolute Gasteiger partial charge is 0.411 e. The van der Waals surface area contributed by atoms with Gasteiger partial charge in [0.25, 0.3) is 0 Å². The van der Waals surface area contributed by atoms with Crippen LogP contribution >= 0.6 is 15.9 Å². The van der Waals surface area contributed by atoms with Crippen molar-refractivity contribution >= 4 is 27.5 Å². The molecule has 2 atom stereocenters. The van der Waals surface area contributed by atoms with Gasteiger partial charge in [-0.2, -0.15) is 13.2 Å². The minimum Gasteiger partial charge on any atom is -0.497 e. The highest BCUT2D eigenvalue weighted by atomic mass is 79.9. The number of halogens is 4. The molecule has 1 N–H and O–H groups in total. The molecule has 1 aromatic carbocycles. The number of methoxy groups -OCH3 is 1. The van der Waals surface area contributed by atoms with Crippen molar-refractivity contribution in [1.29, 1.82) is 0 Å². The van der Waals surface area contributed by atoms with Crippen LogP contribution in [0, 0.1) is 0 Å². The molecule has 0 aliphatic heterocycles. The van der Waals surface area contributed by atoms with E-state index in [9.17, 15) is 23.1 Å². The van der Waals surface area contributed by atoms with Crippen LogP contribution in [-0.4, -0.2) is 41.8 Å². The molecule has 0 aromatic heterocycles. The van der Waals surface area contributed by atoms with Crippen LogP contribution in [0.5, 0.6) is 5.75 Å². The van der Waals surface area contributed by atoms with Crippen molar-refractivity contribution in [2.45, 2.75) is 25.2 Å². The van der Waals surface area contributed by atoms with Gasteiger partial charge in [-0.1, -0.05) is 15.9 Å². The fourth-order valence-corrected chi connectivity index (χ4v) is 2.26. The van der Waals surface area contributed by atoms with Crippen LogP contribution < -0.4 is 9.64 Å². The summed E-state index contributed by atoms with van der Waals surface area (Å²) in [6.45, 7) is 1.02. The topological polar surface area (TPSA) is 49.8 Å². The zero-order valence-corrected chi connectivity index (χ0v) is 13.0. The molecule has 0 radical (unpaired) electrons. The second-order valence-electron chi connectivity index (χ2n) is 4.30. The molecule has 4 nitrogen and oxygen atoms in total. The number of anilines is 1. The molecule has 21 heavy (non-hydrogen) atoms. The summed E-state index contributed by atoms with van der Waals surface area (Å²) in [6.07, 6.45) is -6.55. The SMILES string of the molecule is COc1ccc(N(C(C)=O)[C@H]([C@@H](O)CBr)C(F)(F)F)cc1. The van der Waals surface area contributed by atoms with E-state index in [-0.39, 0.29) is 11.0 Å². The van der Waals surface area contributed by atoms with Gasteiger partial charge in [0, 0.05) is 17.9 Å². The second-order valence-corrected chi connectivity index (χ2v) is 4.94. The average molecular weight is 370 g/mol. The number of nitrogens with zero attached hydrogens (tertiary/aromatic N) is 1. The van der Waals surface area contributed by atoms with Crippen LogP contribution in [0.3, 0.4) is 0 Å². The lowest BCUT2D eigenvalue weighted by Gasteiger charge is -2.35. The molecule has 0 bridgehead atoms. The van der Waals surface area contributed by atoms with Crippen LogP contribution in [0.4, 0.5) is 18.9 Å². The maximum atomic E-state index is 13.2. The maximum Gasteiger partial charge on any atom is 0.411 e. The van der Waals surface area contributed by atoms with E-state index in [4.69, 9.17) is 4.74 Å². The zero-order valence-electron chi connectivity index (χ0n) is 11.4. The van der Waals surface area contributed by atoms with Crippen molar-refractivity contribution in [2.24, 2.45) is 0 Å². The van der Waals surface area contributed by atoms with Gasteiger partial charge in [-0.05, 0) is 24.3 Å². The van der Waals surface area contributed by atoms with E-state index in [0.717, 1.165) is 6.92 Å². The van der Waals surface area contributed by atoms with Gasteiger partial charge in [0.15, 0.2) is 6.04 Å². The molecule has 1 aromatic rings. The first kappa shape index (κ1) is 17.8. The predicted octanol–water partition coefficient (Wildman–Crippen LogP) is 2.73. The fourth-order valence-electron chi connectivity index (χ4n) is 1.90. The molecular weight excluding hydrogens is 355 g/mol. The lowest BCUT2D eigenvalue weighted by Crippen LogP contribution is -2.55. The second kappa shape index (κ2) is 7.13. The van der Waals surface area contributed by atoms with Crippen LogP contribution in [0.15, 0.2) is 24.3 Å². The molecule has 0 unspecified atom stereocenters. The first-order valence-corrected chi connectivity index (χ1v) is 7.09. The molecule has 0 saturated carbocycles. The number of benzene rings is 1. The van der Waals surface area contributed by atoms with Crippen molar-refractivity contribution in [3.63, 3.8) is 0 Å². The van der Waals surface area contributed by atoms with Gasteiger partial charge in [0.2, 0.25) is 5.91 Å². The summed E-state index contributed by atoms with van der Waals surface area (Å²) in [5.41, 5.74) is 0.0330. The summed E-state index contributed by atoms with van der Waals surface area (Å²) in [6, 6.07) is 3.22. The molecule has 0 spiro atoms. The van der Waals surface area contributed by atoms with Gasteiger partial charge in [-0.15, -0.1) is 0 Å². The third-order valence-electron chi connectivity index (χ3n) is 2.83. The van der Waals surface area contributed by atoms with Gasteiger partial charge in [-0.3, -0.25) is 9.69 Å². The van der Waals surface area contributed by atoms with Crippen LogP contribution in [-0.2, 0) is 4.79 Å². The number of hydrogen-bond donors (Lipinski definition) is 1. The molecule has 8 heteroatoms. The molecule has 0 saturated heterocycles. The van der Waals surface area contributed by atoms with E-state index in [1.54, 1.807) is 0 Å².